The summed E-state index contributed by atoms with van der Waals surface area (Å²) in [6.45, 7) is 3.65. The quantitative estimate of drug-likeness (QED) is 0.677. The third kappa shape index (κ3) is 3.79. The average molecular weight is 256 g/mol. The molecule has 0 atom stereocenters. The number of nitrogens with two attached hydrogens (primary N) is 1. The number of carbonyl (C=O) groups excluding carboxylic acids is 1. The third-order valence-electron chi connectivity index (χ3n) is 2.31. The fraction of sp³-hybridized carbons (Fsp3) is 0.500. The van der Waals surface area contributed by atoms with Gasteiger partial charge in [-0.25, -0.2) is 0 Å². The summed E-state index contributed by atoms with van der Waals surface area (Å²) in [7, 11) is 1.56. The van der Waals surface area contributed by atoms with Crippen LogP contribution < -0.4 is 11.1 Å². The second-order valence-corrected chi connectivity index (χ2v) is 4.65. The van der Waals surface area contributed by atoms with E-state index in [1.165, 1.54) is 6.20 Å². The molecule has 0 radical (unpaired) electrons. The standard InChI is InChI=1S/C10H16N4O2S/c1-10(2,16-3)4-7(15)13-9-6(8(11)17)5-12-14-9/h5H,4H2,1-3H3,(H2,11,17)(H2,12,13,14,15). The van der Waals surface area contributed by atoms with Crippen molar-refractivity contribution in [3.05, 3.63) is 11.8 Å². The maximum Gasteiger partial charge on any atom is 0.228 e. The second-order valence-electron chi connectivity index (χ2n) is 4.21. The third-order valence-corrected chi connectivity index (χ3v) is 2.53. The molecule has 1 rings (SSSR count). The Morgan fingerprint density at radius 3 is 2.88 bits per heavy atom. The molecule has 1 aromatic rings. The van der Waals surface area contributed by atoms with Crippen LogP contribution in [0.2, 0.25) is 0 Å². The zero-order valence-corrected chi connectivity index (χ0v) is 10.9. The Bertz CT molecular complexity index is 428. The monoisotopic (exact) mass is 256 g/mol. The molecular formula is C10H16N4O2S. The molecule has 0 saturated heterocycles. The van der Waals surface area contributed by atoms with Gasteiger partial charge < -0.3 is 15.8 Å². The average Bonchev–Trinajstić information content (AvgIpc) is 2.65. The first kappa shape index (κ1) is 13.6. The van der Waals surface area contributed by atoms with Gasteiger partial charge in [0.2, 0.25) is 5.91 Å². The summed E-state index contributed by atoms with van der Waals surface area (Å²) in [5.74, 6) is 0.216. The van der Waals surface area contributed by atoms with Gasteiger partial charge in [-0.15, -0.1) is 0 Å². The molecule has 1 amide bonds. The number of nitrogens with one attached hydrogen (secondary N) is 2. The summed E-state index contributed by atoms with van der Waals surface area (Å²) in [4.78, 5) is 11.9. The van der Waals surface area contributed by atoms with Crippen LogP contribution in [0.25, 0.3) is 0 Å². The smallest absolute Gasteiger partial charge is 0.228 e. The fourth-order valence-corrected chi connectivity index (χ4v) is 1.37. The van der Waals surface area contributed by atoms with Crippen LogP contribution in [-0.2, 0) is 9.53 Å². The van der Waals surface area contributed by atoms with Crippen molar-refractivity contribution >= 4 is 28.9 Å². The van der Waals surface area contributed by atoms with Crippen LogP contribution in [0.1, 0.15) is 25.8 Å². The number of hydrogen-bond donors (Lipinski definition) is 3. The van der Waals surface area contributed by atoms with E-state index < -0.39 is 5.60 Å². The van der Waals surface area contributed by atoms with Gasteiger partial charge >= 0.3 is 0 Å². The molecule has 0 aliphatic carbocycles. The first-order valence-corrected chi connectivity index (χ1v) is 5.45. The van der Waals surface area contributed by atoms with E-state index in [9.17, 15) is 4.79 Å². The highest BCUT2D eigenvalue weighted by Crippen LogP contribution is 2.16. The number of rotatable bonds is 5. The highest BCUT2D eigenvalue weighted by molar-refractivity contribution is 7.80. The minimum atomic E-state index is -0.520. The van der Waals surface area contributed by atoms with Crippen molar-refractivity contribution in [2.24, 2.45) is 5.73 Å². The highest BCUT2D eigenvalue weighted by atomic mass is 32.1. The zero-order valence-electron chi connectivity index (χ0n) is 10.0. The lowest BCUT2D eigenvalue weighted by molar-refractivity contribution is -0.121. The van der Waals surface area contributed by atoms with E-state index in [-0.39, 0.29) is 17.3 Å². The maximum atomic E-state index is 11.7. The molecule has 94 valence electrons. The molecule has 0 aliphatic rings. The van der Waals surface area contributed by atoms with Gasteiger partial charge in [-0.05, 0) is 13.8 Å². The Balaban J connectivity index is 2.69. The fourth-order valence-electron chi connectivity index (χ4n) is 1.21. The normalized spacial score (nSPS) is 11.2. The molecule has 4 N–H and O–H groups in total. The highest BCUT2D eigenvalue weighted by Gasteiger charge is 2.22. The Morgan fingerprint density at radius 2 is 2.35 bits per heavy atom. The summed E-state index contributed by atoms with van der Waals surface area (Å²) in [5.41, 5.74) is 5.48. The zero-order chi connectivity index (χ0) is 13.1. The first-order valence-electron chi connectivity index (χ1n) is 5.04. The van der Waals surface area contributed by atoms with E-state index in [1.807, 2.05) is 13.8 Å². The molecular weight excluding hydrogens is 240 g/mol. The number of H-pyrrole nitrogens is 1. The minimum absolute atomic E-state index is 0.181. The molecule has 7 heteroatoms. The SMILES string of the molecule is COC(C)(C)CC(=O)Nc1[nH]ncc1C(N)=S. The number of aromatic amines is 1. The van der Waals surface area contributed by atoms with Crippen molar-refractivity contribution < 1.29 is 9.53 Å². The summed E-state index contributed by atoms with van der Waals surface area (Å²) in [6.07, 6.45) is 1.69. The van der Waals surface area contributed by atoms with Gasteiger partial charge in [-0.2, -0.15) is 5.10 Å². The predicted octanol–water partition coefficient (Wildman–Crippen LogP) is 0.797. The number of ether oxygens (including phenoxy) is 1. The van der Waals surface area contributed by atoms with Crippen LogP contribution in [0.15, 0.2) is 6.20 Å². The van der Waals surface area contributed by atoms with Gasteiger partial charge in [0.1, 0.15) is 10.8 Å². The van der Waals surface area contributed by atoms with E-state index >= 15 is 0 Å². The summed E-state index contributed by atoms with van der Waals surface area (Å²) < 4.78 is 5.17. The van der Waals surface area contributed by atoms with Crippen molar-refractivity contribution in [2.75, 3.05) is 12.4 Å². The number of thiocarbonyl (C=S) groups is 1. The molecule has 0 unspecified atom stereocenters. The van der Waals surface area contributed by atoms with Crippen LogP contribution in [0.3, 0.4) is 0 Å². The molecule has 6 nitrogen and oxygen atoms in total. The summed E-state index contributed by atoms with van der Waals surface area (Å²) >= 11 is 4.83. The van der Waals surface area contributed by atoms with Crippen molar-refractivity contribution in [3.8, 4) is 0 Å². The van der Waals surface area contributed by atoms with Gasteiger partial charge in [0.15, 0.2) is 0 Å². The summed E-state index contributed by atoms with van der Waals surface area (Å²) in [6, 6.07) is 0. The van der Waals surface area contributed by atoms with Gasteiger partial charge in [-0.1, -0.05) is 12.2 Å². The van der Waals surface area contributed by atoms with Crippen molar-refractivity contribution in [1.29, 1.82) is 0 Å². The lowest BCUT2D eigenvalue weighted by Gasteiger charge is -2.21. The predicted molar refractivity (Wildman–Crippen MR) is 68.8 cm³/mol. The number of amides is 1. The van der Waals surface area contributed by atoms with E-state index in [4.69, 9.17) is 22.7 Å². The van der Waals surface area contributed by atoms with Crippen molar-refractivity contribution in [3.63, 3.8) is 0 Å². The number of hydrogen-bond acceptors (Lipinski definition) is 4. The number of aromatic nitrogens is 2. The summed E-state index contributed by atoms with van der Waals surface area (Å²) in [5, 5.41) is 9.06. The van der Waals surface area contributed by atoms with Gasteiger partial charge in [0.05, 0.1) is 23.8 Å². The number of carbonyl (C=O) groups is 1. The van der Waals surface area contributed by atoms with Crippen LogP contribution in [0.4, 0.5) is 5.82 Å². The molecule has 0 bridgehead atoms. The van der Waals surface area contributed by atoms with E-state index in [1.54, 1.807) is 7.11 Å². The van der Waals surface area contributed by atoms with Gasteiger partial charge in [-0.3, -0.25) is 9.89 Å². The molecule has 0 aliphatic heterocycles. The van der Waals surface area contributed by atoms with Crippen LogP contribution in [-0.4, -0.2) is 33.8 Å². The number of methoxy groups -OCH3 is 1. The molecule has 0 saturated carbocycles. The number of nitrogens with zero attached hydrogens (tertiary/aromatic N) is 1. The van der Waals surface area contributed by atoms with Gasteiger partial charge in [0.25, 0.3) is 0 Å². The van der Waals surface area contributed by atoms with Crippen LogP contribution >= 0.6 is 12.2 Å². The van der Waals surface area contributed by atoms with Crippen LogP contribution in [0, 0.1) is 0 Å². The Hall–Kier alpha value is -1.47. The lowest BCUT2D eigenvalue weighted by Crippen LogP contribution is -2.30. The lowest BCUT2D eigenvalue weighted by atomic mass is 10.1. The topological polar surface area (TPSA) is 93.0 Å². The van der Waals surface area contributed by atoms with E-state index in [0.29, 0.717) is 11.4 Å². The first-order chi connectivity index (χ1) is 7.85. The minimum Gasteiger partial charge on any atom is -0.389 e. The second kappa shape index (κ2) is 5.24. The Morgan fingerprint density at radius 1 is 1.71 bits per heavy atom. The Kier molecular flexibility index (Phi) is 4.19. The molecule has 17 heavy (non-hydrogen) atoms. The molecule has 0 aromatic carbocycles. The van der Waals surface area contributed by atoms with Crippen LogP contribution in [0.5, 0.6) is 0 Å². The number of anilines is 1. The molecule has 0 fully saturated rings. The molecule has 1 aromatic heterocycles. The molecule has 1 heterocycles. The maximum absolute atomic E-state index is 11.7. The van der Waals surface area contributed by atoms with E-state index in [2.05, 4.69) is 15.5 Å². The van der Waals surface area contributed by atoms with Crippen molar-refractivity contribution in [1.82, 2.24) is 10.2 Å². The van der Waals surface area contributed by atoms with Crippen molar-refractivity contribution in [2.45, 2.75) is 25.9 Å². The molecule has 0 spiro atoms. The Labute approximate surface area is 105 Å². The van der Waals surface area contributed by atoms with E-state index in [0.717, 1.165) is 0 Å². The van der Waals surface area contributed by atoms with Gasteiger partial charge in [0, 0.05) is 7.11 Å². The largest absolute Gasteiger partial charge is 0.389 e.